The molecule has 2 heterocycles. The number of carbonyl (C=O) groups excluding carboxylic acids is 2. The molecule has 0 radical (unpaired) electrons. The van der Waals surface area contributed by atoms with Crippen LogP contribution in [0.15, 0.2) is 24.3 Å². The van der Waals surface area contributed by atoms with Gasteiger partial charge in [-0.15, -0.1) is 0 Å². The Morgan fingerprint density at radius 3 is 2.70 bits per heavy atom. The highest BCUT2D eigenvalue weighted by molar-refractivity contribution is 6.01. The van der Waals surface area contributed by atoms with Crippen molar-refractivity contribution in [2.75, 3.05) is 19.6 Å². The quantitative estimate of drug-likeness (QED) is 0.384. The van der Waals surface area contributed by atoms with Crippen LogP contribution in [0.5, 0.6) is 0 Å². The molecule has 1 aromatic rings. The van der Waals surface area contributed by atoms with Crippen molar-refractivity contribution < 1.29 is 19.2 Å². The Morgan fingerprint density at radius 1 is 1.35 bits per heavy atom. The number of imide groups is 1. The van der Waals surface area contributed by atoms with Crippen LogP contribution in [-0.4, -0.2) is 47.7 Å². The first-order valence-corrected chi connectivity index (χ1v) is 7.01. The summed E-state index contributed by atoms with van der Waals surface area (Å²) in [6.45, 7) is 0.830. The predicted molar refractivity (Wildman–Crippen MR) is 77.0 cm³/mol. The van der Waals surface area contributed by atoms with Gasteiger partial charge in [0.15, 0.2) is 0 Å². The summed E-state index contributed by atoms with van der Waals surface area (Å²) in [6.07, 6.45) is -0.560. The summed E-state index contributed by atoms with van der Waals surface area (Å²) in [5.74, 6) is -0.355. The van der Waals surface area contributed by atoms with Crippen molar-refractivity contribution in [3.63, 3.8) is 0 Å². The van der Waals surface area contributed by atoms with Crippen LogP contribution in [0.2, 0.25) is 0 Å². The molecule has 2 saturated heterocycles. The van der Waals surface area contributed by atoms with Gasteiger partial charge < -0.3 is 4.74 Å². The van der Waals surface area contributed by atoms with Crippen LogP contribution in [0.3, 0.4) is 0 Å². The molecule has 2 aliphatic heterocycles. The number of carbonyl (C=O) groups is 2. The monoisotopic (exact) mass is 321 g/mol. The van der Waals surface area contributed by atoms with Crippen molar-refractivity contribution in [2.24, 2.45) is 0 Å². The minimum absolute atomic E-state index is 0.0302. The number of nitrogens with one attached hydrogen (secondary N) is 3. The van der Waals surface area contributed by atoms with Gasteiger partial charge in [0, 0.05) is 18.7 Å². The third-order valence-electron chi connectivity index (χ3n) is 3.60. The van der Waals surface area contributed by atoms with E-state index in [-0.39, 0.29) is 30.5 Å². The fraction of sp³-hybridized carbons (Fsp3) is 0.385. The van der Waals surface area contributed by atoms with E-state index in [0.29, 0.717) is 13.1 Å². The molecule has 0 aliphatic carbocycles. The number of nitrogens with zero attached hydrogens (tertiary/aromatic N) is 2. The molecule has 0 aromatic heterocycles. The molecule has 0 bridgehead atoms. The van der Waals surface area contributed by atoms with Gasteiger partial charge in [-0.25, -0.2) is 15.2 Å². The van der Waals surface area contributed by atoms with Crippen LogP contribution >= 0.6 is 0 Å². The van der Waals surface area contributed by atoms with Gasteiger partial charge >= 0.3 is 6.03 Å². The van der Waals surface area contributed by atoms with E-state index in [9.17, 15) is 19.7 Å². The van der Waals surface area contributed by atoms with E-state index in [1.807, 2.05) is 0 Å². The molecular formula is C13H15N5O5. The molecule has 122 valence electrons. The summed E-state index contributed by atoms with van der Waals surface area (Å²) >= 11 is 0. The molecule has 3 amide bonds. The molecule has 3 N–H and O–H groups in total. The minimum Gasteiger partial charge on any atom is -0.353 e. The van der Waals surface area contributed by atoms with Gasteiger partial charge in [-0.2, -0.15) is 0 Å². The fourth-order valence-corrected chi connectivity index (χ4v) is 2.42. The molecule has 1 aromatic carbocycles. The normalized spacial score (nSPS) is 24.1. The largest absolute Gasteiger partial charge is 0.353 e. The Morgan fingerprint density at radius 2 is 2.09 bits per heavy atom. The second-order valence-corrected chi connectivity index (χ2v) is 5.17. The molecule has 10 heteroatoms. The molecule has 0 saturated carbocycles. The molecular weight excluding hydrogens is 306 g/mol. The van der Waals surface area contributed by atoms with E-state index in [0.717, 1.165) is 5.56 Å². The number of rotatable bonds is 5. The number of non-ortho nitro benzene ring substituents is 1. The summed E-state index contributed by atoms with van der Waals surface area (Å²) in [4.78, 5) is 32.6. The van der Waals surface area contributed by atoms with Crippen LogP contribution in [-0.2, 0) is 9.53 Å². The Hall–Kier alpha value is -2.56. The van der Waals surface area contributed by atoms with E-state index < -0.39 is 11.0 Å². The van der Waals surface area contributed by atoms with Crippen LogP contribution in [0, 0.1) is 10.1 Å². The highest BCUT2D eigenvalue weighted by Gasteiger charge is 2.30. The van der Waals surface area contributed by atoms with E-state index in [2.05, 4.69) is 16.1 Å². The van der Waals surface area contributed by atoms with Gasteiger partial charge in [-0.3, -0.25) is 25.5 Å². The Balaban J connectivity index is 1.51. The van der Waals surface area contributed by atoms with Crippen molar-refractivity contribution >= 4 is 17.6 Å². The topological polar surface area (TPSA) is 126 Å². The number of nitro groups is 1. The van der Waals surface area contributed by atoms with Crippen molar-refractivity contribution in [3.8, 4) is 0 Å². The third-order valence-corrected chi connectivity index (χ3v) is 3.60. The first-order chi connectivity index (χ1) is 11.0. The highest BCUT2D eigenvalue weighted by atomic mass is 16.6. The van der Waals surface area contributed by atoms with E-state index in [1.165, 1.54) is 17.1 Å². The van der Waals surface area contributed by atoms with Crippen LogP contribution in [0.1, 0.15) is 11.7 Å². The molecule has 2 aliphatic rings. The highest BCUT2D eigenvalue weighted by Crippen LogP contribution is 2.24. The number of hydrogen-bond donors (Lipinski definition) is 3. The number of ether oxygens (including phenoxy) is 1. The van der Waals surface area contributed by atoms with E-state index in [1.54, 1.807) is 12.1 Å². The molecule has 2 unspecified atom stereocenters. The first kappa shape index (κ1) is 15.3. The Kier molecular flexibility index (Phi) is 4.19. The molecule has 2 fully saturated rings. The number of benzene rings is 1. The lowest BCUT2D eigenvalue weighted by atomic mass is 10.1. The second kappa shape index (κ2) is 6.28. The van der Waals surface area contributed by atoms with Crippen LogP contribution in [0.25, 0.3) is 0 Å². The zero-order valence-corrected chi connectivity index (χ0v) is 12.0. The average Bonchev–Trinajstić information content (AvgIpc) is 3.11. The van der Waals surface area contributed by atoms with Crippen molar-refractivity contribution in [1.29, 1.82) is 0 Å². The van der Waals surface area contributed by atoms with Gasteiger partial charge in [0.1, 0.15) is 12.8 Å². The van der Waals surface area contributed by atoms with Gasteiger partial charge in [-0.05, 0) is 17.7 Å². The lowest BCUT2D eigenvalue weighted by molar-refractivity contribution is -0.384. The molecule has 0 spiro atoms. The number of hydrazine groups is 1. The number of amides is 3. The maximum atomic E-state index is 11.4. The number of nitro benzene ring substituents is 1. The fourth-order valence-electron chi connectivity index (χ4n) is 2.42. The summed E-state index contributed by atoms with van der Waals surface area (Å²) in [7, 11) is 0. The Labute approximate surface area is 130 Å². The van der Waals surface area contributed by atoms with E-state index in [4.69, 9.17) is 4.74 Å². The summed E-state index contributed by atoms with van der Waals surface area (Å²) in [5.41, 5.74) is 3.69. The lowest BCUT2D eigenvalue weighted by Gasteiger charge is -2.18. The predicted octanol–water partition coefficient (Wildman–Crippen LogP) is -0.362. The minimum atomic E-state index is -0.486. The summed E-state index contributed by atoms with van der Waals surface area (Å²) in [6, 6.07) is 5.70. The van der Waals surface area contributed by atoms with Crippen molar-refractivity contribution in [1.82, 2.24) is 21.1 Å². The van der Waals surface area contributed by atoms with Crippen molar-refractivity contribution in [3.05, 3.63) is 39.9 Å². The number of hydrogen-bond acceptors (Lipinski definition) is 7. The molecule has 23 heavy (non-hydrogen) atoms. The molecule has 10 nitrogen and oxygen atoms in total. The smallest absolute Gasteiger partial charge is 0.338 e. The van der Waals surface area contributed by atoms with Gasteiger partial charge in [0.2, 0.25) is 5.91 Å². The second-order valence-electron chi connectivity index (χ2n) is 5.17. The number of urea groups is 1. The van der Waals surface area contributed by atoms with Crippen LogP contribution in [0.4, 0.5) is 10.5 Å². The van der Waals surface area contributed by atoms with E-state index >= 15 is 0 Å². The summed E-state index contributed by atoms with van der Waals surface area (Å²) in [5, 5.41) is 17.1. The zero-order chi connectivity index (χ0) is 16.4. The molecule has 2 atom stereocenters. The van der Waals surface area contributed by atoms with Gasteiger partial charge in [-0.1, -0.05) is 0 Å². The van der Waals surface area contributed by atoms with Crippen molar-refractivity contribution in [2.45, 2.75) is 12.3 Å². The lowest BCUT2D eigenvalue weighted by Crippen LogP contribution is -2.46. The summed E-state index contributed by atoms with van der Waals surface area (Å²) < 4.78 is 5.78. The maximum absolute atomic E-state index is 11.4. The standard InChI is InChI=1S/C13H15N5O5/c19-11-7-17(13(20)16-11)15-6-12-14-5-10(23-12)8-1-3-9(4-2-8)18(21)22/h1-4,10,12,14-15H,5-7H2,(H,16,19,20). The van der Waals surface area contributed by atoms with Gasteiger partial charge in [0.05, 0.1) is 17.6 Å². The Bertz CT molecular complexity index is 634. The first-order valence-electron chi connectivity index (χ1n) is 7.01. The maximum Gasteiger partial charge on any atom is 0.338 e. The van der Waals surface area contributed by atoms with Gasteiger partial charge in [0.25, 0.3) is 5.69 Å². The SMILES string of the molecule is O=C1CN(NCC2NCC(c3ccc([N+](=O)[O-])cc3)O2)C(=O)N1. The zero-order valence-electron chi connectivity index (χ0n) is 12.0. The third kappa shape index (κ3) is 3.44. The van der Waals surface area contributed by atoms with Crippen LogP contribution < -0.4 is 16.1 Å². The molecule has 3 rings (SSSR count). The average molecular weight is 321 g/mol.